The van der Waals surface area contributed by atoms with Gasteiger partial charge in [-0.2, -0.15) is 0 Å². The van der Waals surface area contributed by atoms with E-state index in [0.717, 1.165) is 18.3 Å². The number of hydrogen-bond acceptors (Lipinski definition) is 3. The molecule has 2 rings (SSSR count). The second-order valence-corrected chi connectivity index (χ2v) is 3.70. The Morgan fingerprint density at radius 1 is 1.54 bits per heavy atom. The Morgan fingerprint density at radius 3 is 2.92 bits per heavy atom. The minimum atomic E-state index is 0.618. The molecule has 0 radical (unpaired) electrons. The van der Waals surface area contributed by atoms with Crippen LogP contribution in [0.5, 0.6) is 0 Å². The summed E-state index contributed by atoms with van der Waals surface area (Å²) >= 11 is 0. The first kappa shape index (κ1) is 8.51. The maximum Gasteiger partial charge on any atom is 0.123 e. The third-order valence-electron chi connectivity index (χ3n) is 2.21. The molecular weight excluding hydrogens is 162 g/mol. The lowest BCUT2D eigenvalue weighted by atomic mass is 10.2. The number of pyridine rings is 1. The van der Waals surface area contributed by atoms with Gasteiger partial charge in [0, 0.05) is 18.3 Å². The number of nitrogens with two attached hydrogens (primary N) is 1. The molecule has 0 atom stereocenters. The number of nitrogen functional groups attached to an aromatic ring is 1. The number of rotatable bonds is 3. The Bertz CT molecular complexity index is 285. The first-order valence-electron chi connectivity index (χ1n) is 4.70. The zero-order chi connectivity index (χ0) is 9.26. The van der Waals surface area contributed by atoms with Gasteiger partial charge in [0.1, 0.15) is 5.82 Å². The highest BCUT2D eigenvalue weighted by Crippen LogP contribution is 2.19. The first-order valence-corrected chi connectivity index (χ1v) is 4.70. The minimum Gasteiger partial charge on any atom is -0.384 e. The van der Waals surface area contributed by atoms with Crippen LogP contribution < -0.4 is 11.1 Å². The molecule has 3 nitrogen and oxygen atoms in total. The van der Waals surface area contributed by atoms with Crippen LogP contribution >= 0.6 is 0 Å². The van der Waals surface area contributed by atoms with Crippen LogP contribution in [0.25, 0.3) is 0 Å². The fourth-order valence-corrected chi connectivity index (χ4v) is 1.42. The van der Waals surface area contributed by atoms with Gasteiger partial charge < -0.3 is 11.1 Å². The van der Waals surface area contributed by atoms with Crippen LogP contribution in [0.3, 0.4) is 0 Å². The van der Waals surface area contributed by atoms with Crippen molar-refractivity contribution in [3.05, 3.63) is 23.4 Å². The molecule has 0 bridgehead atoms. The molecule has 1 saturated carbocycles. The first-order chi connectivity index (χ1) is 6.24. The maximum absolute atomic E-state index is 5.64. The molecule has 0 saturated heterocycles. The Hall–Kier alpha value is -1.09. The molecule has 0 spiro atoms. The van der Waals surface area contributed by atoms with Crippen molar-refractivity contribution in [1.82, 2.24) is 10.3 Å². The summed E-state index contributed by atoms with van der Waals surface area (Å²) < 4.78 is 0. The number of aryl methyl sites for hydroxylation is 1. The zero-order valence-corrected chi connectivity index (χ0v) is 7.88. The predicted molar refractivity (Wildman–Crippen MR) is 53.2 cm³/mol. The number of hydrogen-bond donors (Lipinski definition) is 2. The molecular formula is C10H15N3. The van der Waals surface area contributed by atoms with E-state index in [2.05, 4.69) is 16.4 Å². The third-order valence-corrected chi connectivity index (χ3v) is 2.21. The smallest absolute Gasteiger partial charge is 0.123 e. The summed E-state index contributed by atoms with van der Waals surface area (Å²) in [6.45, 7) is 2.88. The molecule has 3 N–H and O–H groups in total. The standard InChI is InChI=1S/C10H15N3/c1-7-4-8(5-10(11)13-7)6-12-9-2-3-9/h4-5,9,12H,2-3,6H2,1H3,(H2,11,13). The van der Waals surface area contributed by atoms with E-state index in [9.17, 15) is 0 Å². The van der Waals surface area contributed by atoms with Crippen molar-refractivity contribution in [3.63, 3.8) is 0 Å². The lowest BCUT2D eigenvalue weighted by Gasteiger charge is -2.04. The molecule has 0 amide bonds. The van der Waals surface area contributed by atoms with E-state index in [4.69, 9.17) is 5.73 Å². The maximum atomic E-state index is 5.64. The van der Waals surface area contributed by atoms with Crippen molar-refractivity contribution in [2.75, 3.05) is 5.73 Å². The second-order valence-electron chi connectivity index (χ2n) is 3.70. The topological polar surface area (TPSA) is 50.9 Å². The highest BCUT2D eigenvalue weighted by molar-refractivity contribution is 5.34. The largest absolute Gasteiger partial charge is 0.384 e. The average Bonchev–Trinajstić information content (AvgIpc) is 2.81. The van der Waals surface area contributed by atoms with E-state index < -0.39 is 0 Å². The molecule has 1 fully saturated rings. The SMILES string of the molecule is Cc1cc(CNC2CC2)cc(N)n1. The van der Waals surface area contributed by atoms with Crippen molar-refractivity contribution in [2.45, 2.75) is 32.4 Å². The second kappa shape index (κ2) is 3.34. The van der Waals surface area contributed by atoms with E-state index in [0.29, 0.717) is 5.82 Å². The van der Waals surface area contributed by atoms with Gasteiger partial charge in [-0.3, -0.25) is 0 Å². The third kappa shape index (κ3) is 2.42. The number of anilines is 1. The van der Waals surface area contributed by atoms with Crippen LogP contribution in [0.4, 0.5) is 5.82 Å². The summed E-state index contributed by atoms with van der Waals surface area (Å²) in [7, 11) is 0. The molecule has 0 unspecified atom stereocenters. The summed E-state index contributed by atoms with van der Waals surface area (Å²) in [6, 6.07) is 4.75. The molecule has 3 heteroatoms. The van der Waals surface area contributed by atoms with Gasteiger partial charge in [0.25, 0.3) is 0 Å². The van der Waals surface area contributed by atoms with Crippen LogP contribution in [0.15, 0.2) is 12.1 Å². The molecule has 0 aromatic carbocycles. The van der Waals surface area contributed by atoms with Gasteiger partial charge in [0.2, 0.25) is 0 Å². The highest BCUT2D eigenvalue weighted by atomic mass is 14.9. The van der Waals surface area contributed by atoms with Crippen LogP contribution in [0, 0.1) is 6.92 Å². The van der Waals surface area contributed by atoms with Gasteiger partial charge in [-0.15, -0.1) is 0 Å². The van der Waals surface area contributed by atoms with Crippen LogP contribution in [0.1, 0.15) is 24.1 Å². The average molecular weight is 177 g/mol. The molecule has 70 valence electrons. The van der Waals surface area contributed by atoms with Crippen LogP contribution in [0.2, 0.25) is 0 Å². The van der Waals surface area contributed by atoms with Gasteiger partial charge in [-0.05, 0) is 37.5 Å². The quantitative estimate of drug-likeness (QED) is 0.730. The normalized spacial score (nSPS) is 16.1. The van der Waals surface area contributed by atoms with Crippen molar-refractivity contribution in [2.24, 2.45) is 0 Å². The van der Waals surface area contributed by atoms with Gasteiger partial charge in [0.15, 0.2) is 0 Å². The number of aromatic nitrogens is 1. The predicted octanol–water partition coefficient (Wildman–Crippen LogP) is 1.22. The van der Waals surface area contributed by atoms with Crippen molar-refractivity contribution in [1.29, 1.82) is 0 Å². The molecule has 1 aliphatic carbocycles. The van der Waals surface area contributed by atoms with E-state index in [-0.39, 0.29) is 0 Å². The summed E-state index contributed by atoms with van der Waals surface area (Å²) in [6.07, 6.45) is 2.64. The zero-order valence-electron chi connectivity index (χ0n) is 7.88. The molecule has 1 aromatic heterocycles. The Labute approximate surface area is 78.4 Å². The molecule has 1 aromatic rings. The Balaban J connectivity index is 2.01. The fraction of sp³-hybridized carbons (Fsp3) is 0.500. The summed E-state index contributed by atoms with van der Waals surface area (Å²) in [5.41, 5.74) is 7.87. The van der Waals surface area contributed by atoms with Crippen molar-refractivity contribution in [3.8, 4) is 0 Å². The summed E-state index contributed by atoms with van der Waals surface area (Å²) in [5, 5.41) is 3.44. The van der Waals surface area contributed by atoms with Crippen molar-refractivity contribution >= 4 is 5.82 Å². The minimum absolute atomic E-state index is 0.618. The van der Waals surface area contributed by atoms with Gasteiger partial charge in [-0.1, -0.05) is 0 Å². The Kier molecular flexibility index (Phi) is 2.19. The summed E-state index contributed by atoms with van der Waals surface area (Å²) in [4.78, 5) is 4.13. The lowest BCUT2D eigenvalue weighted by Crippen LogP contribution is -2.15. The Morgan fingerprint density at radius 2 is 2.31 bits per heavy atom. The van der Waals surface area contributed by atoms with Crippen LogP contribution in [-0.2, 0) is 6.54 Å². The van der Waals surface area contributed by atoms with Crippen LogP contribution in [-0.4, -0.2) is 11.0 Å². The van der Waals surface area contributed by atoms with Gasteiger partial charge in [-0.25, -0.2) is 4.98 Å². The molecule has 0 aliphatic heterocycles. The number of nitrogens with one attached hydrogen (secondary N) is 1. The van der Waals surface area contributed by atoms with E-state index in [1.807, 2.05) is 13.0 Å². The molecule has 1 heterocycles. The lowest BCUT2D eigenvalue weighted by molar-refractivity contribution is 0.687. The van der Waals surface area contributed by atoms with E-state index in [1.165, 1.54) is 18.4 Å². The summed E-state index contributed by atoms with van der Waals surface area (Å²) in [5.74, 6) is 0.618. The van der Waals surface area contributed by atoms with Gasteiger partial charge >= 0.3 is 0 Å². The fourth-order valence-electron chi connectivity index (χ4n) is 1.42. The monoisotopic (exact) mass is 177 g/mol. The van der Waals surface area contributed by atoms with Crippen molar-refractivity contribution < 1.29 is 0 Å². The highest BCUT2D eigenvalue weighted by Gasteiger charge is 2.19. The molecule has 1 aliphatic rings. The van der Waals surface area contributed by atoms with E-state index >= 15 is 0 Å². The molecule has 13 heavy (non-hydrogen) atoms. The van der Waals surface area contributed by atoms with E-state index in [1.54, 1.807) is 0 Å². The van der Waals surface area contributed by atoms with Gasteiger partial charge in [0.05, 0.1) is 0 Å². The number of nitrogens with zero attached hydrogens (tertiary/aromatic N) is 1.